The fourth-order valence-electron chi connectivity index (χ4n) is 1.90. The molecule has 5 heteroatoms. The summed E-state index contributed by atoms with van der Waals surface area (Å²) in [5, 5.41) is 2.79. The van der Waals surface area contributed by atoms with Crippen LogP contribution in [0.4, 0.5) is 10.1 Å². The number of carbonyl (C=O) groups is 1. The number of aryl methyl sites for hydroxylation is 1. The van der Waals surface area contributed by atoms with Crippen molar-refractivity contribution in [1.29, 1.82) is 0 Å². The van der Waals surface area contributed by atoms with Gasteiger partial charge in [-0.05, 0) is 58.2 Å². The van der Waals surface area contributed by atoms with E-state index in [1.807, 2.05) is 24.3 Å². The van der Waals surface area contributed by atoms with Gasteiger partial charge in [0.05, 0.1) is 18.0 Å². The molecule has 0 spiro atoms. The van der Waals surface area contributed by atoms with Gasteiger partial charge >= 0.3 is 0 Å². The maximum Gasteiger partial charge on any atom is 0.228 e. The SMILES string of the molecule is COc1ccc(CC(=O)Nc2cc(Br)c(F)cc2C)cc1. The van der Waals surface area contributed by atoms with Crippen LogP contribution in [0, 0.1) is 12.7 Å². The molecule has 1 amide bonds. The van der Waals surface area contributed by atoms with Crippen molar-refractivity contribution in [2.24, 2.45) is 0 Å². The first-order valence-corrected chi connectivity index (χ1v) is 7.17. The molecular formula is C16H15BrFNO2. The summed E-state index contributed by atoms with van der Waals surface area (Å²) in [7, 11) is 1.59. The second-order valence-electron chi connectivity index (χ2n) is 4.65. The first-order valence-electron chi connectivity index (χ1n) is 6.38. The Labute approximate surface area is 131 Å². The Balaban J connectivity index is 2.06. The van der Waals surface area contributed by atoms with Crippen molar-refractivity contribution in [3.05, 3.63) is 57.8 Å². The fourth-order valence-corrected chi connectivity index (χ4v) is 2.25. The van der Waals surface area contributed by atoms with E-state index >= 15 is 0 Å². The number of methoxy groups -OCH3 is 1. The van der Waals surface area contributed by atoms with Crippen molar-refractivity contribution in [3.8, 4) is 5.75 Å². The van der Waals surface area contributed by atoms with E-state index in [0.717, 1.165) is 11.3 Å². The molecule has 0 bridgehead atoms. The van der Waals surface area contributed by atoms with Gasteiger partial charge in [-0.15, -0.1) is 0 Å². The predicted molar refractivity (Wildman–Crippen MR) is 84.2 cm³/mol. The second-order valence-corrected chi connectivity index (χ2v) is 5.51. The summed E-state index contributed by atoms with van der Waals surface area (Å²) in [6.45, 7) is 1.75. The van der Waals surface area contributed by atoms with Crippen molar-refractivity contribution >= 4 is 27.5 Å². The fraction of sp³-hybridized carbons (Fsp3) is 0.188. The number of carbonyl (C=O) groups excluding carboxylic acids is 1. The molecule has 0 saturated carbocycles. The van der Waals surface area contributed by atoms with Gasteiger partial charge in [-0.1, -0.05) is 12.1 Å². The van der Waals surface area contributed by atoms with Crippen LogP contribution in [0.2, 0.25) is 0 Å². The molecule has 0 aliphatic rings. The van der Waals surface area contributed by atoms with E-state index < -0.39 is 0 Å². The minimum Gasteiger partial charge on any atom is -0.497 e. The lowest BCUT2D eigenvalue weighted by atomic mass is 10.1. The molecule has 0 unspecified atom stereocenters. The van der Waals surface area contributed by atoms with Gasteiger partial charge in [0.2, 0.25) is 5.91 Å². The highest BCUT2D eigenvalue weighted by Crippen LogP contribution is 2.24. The molecule has 0 aliphatic carbocycles. The molecule has 0 atom stereocenters. The van der Waals surface area contributed by atoms with Crippen LogP contribution in [-0.4, -0.2) is 13.0 Å². The monoisotopic (exact) mass is 351 g/mol. The van der Waals surface area contributed by atoms with Crippen LogP contribution < -0.4 is 10.1 Å². The van der Waals surface area contributed by atoms with Crippen LogP contribution in [0.3, 0.4) is 0 Å². The zero-order valence-electron chi connectivity index (χ0n) is 11.7. The van der Waals surface area contributed by atoms with E-state index in [9.17, 15) is 9.18 Å². The summed E-state index contributed by atoms with van der Waals surface area (Å²) >= 11 is 3.11. The van der Waals surface area contributed by atoms with Gasteiger partial charge in [0.1, 0.15) is 11.6 Å². The number of anilines is 1. The van der Waals surface area contributed by atoms with Crippen LogP contribution in [0.25, 0.3) is 0 Å². The zero-order valence-corrected chi connectivity index (χ0v) is 13.3. The first kappa shape index (κ1) is 15.5. The Morgan fingerprint density at radius 1 is 1.29 bits per heavy atom. The summed E-state index contributed by atoms with van der Waals surface area (Å²) < 4.78 is 18.7. The van der Waals surface area contributed by atoms with Crippen LogP contribution >= 0.6 is 15.9 Å². The molecule has 0 aliphatic heterocycles. The Morgan fingerprint density at radius 3 is 2.57 bits per heavy atom. The second kappa shape index (κ2) is 6.72. The van der Waals surface area contributed by atoms with Gasteiger partial charge in [-0.25, -0.2) is 4.39 Å². The van der Waals surface area contributed by atoms with Crippen molar-refractivity contribution in [2.45, 2.75) is 13.3 Å². The number of nitrogens with one attached hydrogen (secondary N) is 1. The molecule has 21 heavy (non-hydrogen) atoms. The van der Waals surface area contributed by atoms with Crippen LogP contribution in [-0.2, 0) is 11.2 Å². The number of rotatable bonds is 4. The van der Waals surface area contributed by atoms with E-state index in [1.54, 1.807) is 20.1 Å². The molecule has 2 rings (SSSR count). The van der Waals surface area contributed by atoms with Gasteiger partial charge < -0.3 is 10.1 Å². The molecule has 2 aromatic rings. The van der Waals surface area contributed by atoms with Crippen molar-refractivity contribution in [3.63, 3.8) is 0 Å². The van der Waals surface area contributed by atoms with Gasteiger partial charge in [0.15, 0.2) is 0 Å². The Hall–Kier alpha value is -1.88. The molecule has 110 valence electrons. The third-order valence-corrected chi connectivity index (χ3v) is 3.67. The van der Waals surface area contributed by atoms with Gasteiger partial charge in [-0.2, -0.15) is 0 Å². The topological polar surface area (TPSA) is 38.3 Å². The maximum atomic E-state index is 13.3. The quantitative estimate of drug-likeness (QED) is 0.900. The third-order valence-electron chi connectivity index (χ3n) is 3.07. The number of benzene rings is 2. The maximum absolute atomic E-state index is 13.3. The molecule has 1 N–H and O–H groups in total. The lowest BCUT2D eigenvalue weighted by Crippen LogP contribution is -2.15. The van der Waals surface area contributed by atoms with E-state index in [0.29, 0.717) is 15.7 Å². The number of hydrogen-bond donors (Lipinski definition) is 1. The minimum absolute atomic E-state index is 0.151. The third kappa shape index (κ3) is 4.04. The Bertz CT molecular complexity index is 656. The summed E-state index contributed by atoms with van der Waals surface area (Å²) in [4.78, 5) is 12.0. The summed E-state index contributed by atoms with van der Waals surface area (Å²) in [6, 6.07) is 10.2. The lowest BCUT2D eigenvalue weighted by molar-refractivity contribution is -0.115. The first-order chi connectivity index (χ1) is 9.99. The van der Waals surface area contributed by atoms with Gasteiger partial charge in [-0.3, -0.25) is 4.79 Å². The molecule has 0 heterocycles. The van der Waals surface area contributed by atoms with Gasteiger partial charge in [0.25, 0.3) is 0 Å². The summed E-state index contributed by atoms with van der Waals surface area (Å²) in [5.41, 5.74) is 2.16. The highest BCUT2D eigenvalue weighted by atomic mass is 79.9. The van der Waals surface area contributed by atoms with E-state index in [4.69, 9.17) is 4.74 Å². The van der Waals surface area contributed by atoms with E-state index in [1.165, 1.54) is 6.07 Å². The highest BCUT2D eigenvalue weighted by molar-refractivity contribution is 9.10. The smallest absolute Gasteiger partial charge is 0.228 e. The number of halogens is 2. The van der Waals surface area contributed by atoms with Crippen molar-refractivity contribution < 1.29 is 13.9 Å². The number of amides is 1. The average Bonchev–Trinajstić information content (AvgIpc) is 2.45. The number of hydrogen-bond acceptors (Lipinski definition) is 2. The lowest BCUT2D eigenvalue weighted by Gasteiger charge is -2.10. The molecule has 0 aromatic heterocycles. The Kier molecular flexibility index (Phi) is 4.96. The average molecular weight is 352 g/mol. The molecule has 2 aromatic carbocycles. The predicted octanol–water partition coefficient (Wildman–Crippen LogP) is 4.09. The standard InChI is InChI=1S/C16H15BrFNO2/c1-10-7-14(18)13(17)9-15(10)19-16(20)8-11-3-5-12(21-2)6-4-11/h3-7,9H,8H2,1-2H3,(H,19,20). The highest BCUT2D eigenvalue weighted by Gasteiger charge is 2.09. The van der Waals surface area contributed by atoms with Crippen LogP contribution in [0.1, 0.15) is 11.1 Å². The Morgan fingerprint density at radius 2 is 1.95 bits per heavy atom. The summed E-state index contributed by atoms with van der Waals surface area (Å²) in [5.74, 6) is 0.250. The molecule has 0 saturated heterocycles. The summed E-state index contributed by atoms with van der Waals surface area (Å²) in [6.07, 6.45) is 0.248. The molecule has 0 radical (unpaired) electrons. The van der Waals surface area contributed by atoms with Crippen LogP contribution in [0.5, 0.6) is 5.75 Å². The largest absolute Gasteiger partial charge is 0.497 e. The van der Waals surface area contributed by atoms with Gasteiger partial charge in [0, 0.05) is 5.69 Å². The molecule has 0 fully saturated rings. The van der Waals surface area contributed by atoms with Crippen molar-refractivity contribution in [1.82, 2.24) is 0 Å². The molecular weight excluding hydrogens is 337 g/mol. The molecule has 3 nitrogen and oxygen atoms in total. The normalized spacial score (nSPS) is 10.3. The van der Waals surface area contributed by atoms with E-state index in [2.05, 4.69) is 21.2 Å². The van der Waals surface area contributed by atoms with Crippen LogP contribution in [0.15, 0.2) is 40.9 Å². The van der Waals surface area contributed by atoms with Crippen molar-refractivity contribution in [2.75, 3.05) is 12.4 Å². The minimum atomic E-state index is -0.347. The zero-order chi connectivity index (χ0) is 15.4. The van der Waals surface area contributed by atoms with E-state index in [-0.39, 0.29) is 18.1 Å². The number of ether oxygens (including phenoxy) is 1.